The van der Waals surface area contributed by atoms with Gasteiger partial charge in [0.1, 0.15) is 11.6 Å². The molecular formula is C20H32N6O2. The molecule has 3 aliphatic rings. The Bertz CT molecular complexity index is 718. The van der Waals surface area contributed by atoms with Gasteiger partial charge in [0.2, 0.25) is 11.8 Å². The second kappa shape index (κ2) is 8.59. The number of hydrogen-bond donors (Lipinski definition) is 0. The molecule has 0 aliphatic carbocycles. The molecule has 0 unspecified atom stereocenters. The van der Waals surface area contributed by atoms with Gasteiger partial charge in [-0.3, -0.25) is 14.5 Å². The molecule has 8 nitrogen and oxygen atoms in total. The quantitative estimate of drug-likeness (QED) is 0.778. The van der Waals surface area contributed by atoms with Gasteiger partial charge in [-0.15, -0.1) is 10.2 Å². The Labute approximate surface area is 166 Å². The Morgan fingerprint density at radius 1 is 0.964 bits per heavy atom. The van der Waals surface area contributed by atoms with Crippen LogP contribution < -0.4 is 0 Å². The molecule has 4 heterocycles. The fourth-order valence-corrected chi connectivity index (χ4v) is 4.71. The summed E-state index contributed by atoms with van der Waals surface area (Å²) in [7, 11) is 2.16. The molecule has 3 aliphatic heterocycles. The van der Waals surface area contributed by atoms with E-state index in [9.17, 15) is 9.59 Å². The second-order valence-corrected chi connectivity index (χ2v) is 8.37. The van der Waals surface area contributed by atoms with Crippen LogP contribution >= 0.6 is 0 Å². The molecular weight excluding hydrogens is 356 g/mol. The van der Waals surface area contributed by atoms with Crippen LogP contribution in [0.15, 0.2) is 0 Å². The fraction of sp³-hybridized carbons (Fsp3) is 0.800. The van der Waals surface area contributed by atoms with Gasteiger partial charge in [-0.05, 0) is 39.3 Å². The van der Waals surface area contributed by atoms with E-state index < -0.39 is 0 Å². The number of rotatable bonds is 3. The maximum Gasteiger partial charge on any atom is 0.242 e. The van der Waals surface area contributed by atoms with Crippen molar-refractivity contribution in [1.29, 1.82) is 0 Å². The average molecular weight is 389 g/mol. The number of nitrogens with zero attached hydrogens (tertiary/aromatic N) is 6. The van der Waals surface area contributed by atoms with Crippen molar-refractivity contribution in [3.63, 3.8) is 0 Å². The Kier molecular flexibility index (Phi) is 5.94. The van der Waals surface area contributed by atoms with Gasteiger partial charge >= 0.3 is 0 Å². The second-order valence-electron chi connectivity index (χ2n) is 8.37. The lowest BCUT2D eigenvalue weighted by molar-refractivity contribution is -0.140. The zero-order valence-corrected chi connectivity index (χ0v) is 17.0. The molecule has 28 heavy (non-hydrogen) atoms. The third-order valence-corrected chi connectivity index (χ3v) is 6.47. The third-order valence-electron chi connectivity index (χ3n) is 6.47. The number of likely N-dealkylation sites (tertiary alicyclic amines) is 2. The zero-order chi connectivity index (χ0) is 19.5. The van der Waals surface area contributed by atoms with Crippen LogP contribution in [0.1, 0.15) is 62.6 Å². The zero-order valence-electron chi connectivity index (χ0n) is 17.0. The molecule has 154 valence electrons. The van der Waals surface area contributed by atoms with Crippen molar-refractivity contribution in [3.8, 4) is 0 Å². The molecule has 1 aromatic heterocycles. The van der Waals surface area contributed by atoms with E-state index in [1.54, 1.807) is 4.90 Å². The van der Waals surface area contributed by atoms with Crippen molar-refractivity contribution in [2.45, 2.75) is 64.0 Å². The summed E-state index contributed by atoms with van der Waals surface area (Å²) in [5.41, 5.74) is 0. The van der Waals surface area contributed by atoms with Crippen LogP contribution in [-0.2, 0) is 22.6 Å². The normalized spacial score (nSPS) is 24.6. The van der Waals surface area contributed by atoms with Crippen LogP contribution in [0.25, 0.3) is 0 Å². The SMILES string of the molecule is CN1CCCC[C@@H]1c1nnc2n1CCN(C(=O)CN1CCCCCC1=O)CC2. The predicted octanol–water partition coefficient (Wildman–Crippen LogP) is 1.22. The van der Waals surface area contributed by atoms with Crippen LogP contribution in [0.5, 0.6) is 0 Å². The summed E-state index contributed by atoms with van der Waals surface area (Å²) in [5.74, 6) is 2.22. The predicted molar refractivity (Wildman–Crippen MR) is 105 cm³/mol. The van der Waals surface area contributed by atoms with E-state index in [0.717, 1.165) is 56.8 Å². The molecule has 1 aromatic rings. The molecule has 2 amide bonds. The third kappa shape index (κ3) is 4.06. The first-order chi connectivity index (χ1) is 13.6. The van der Waals surface area contributed by atoms with Crippen molar-refractivity contribution in [2.75, 3.05) is 39.8 Å². The summed E-state index contributed by atoms with van der Waals surface area (Å²) in [4.78, 5) is 31.1. The maximum atomic E-state index is 12.9. The number of aromatic nitrogens is 3. The van der Waals surface area contributed by atoms with Crippen molar-refractivity contribution in [2.24, 2.45) is 0 Å². The molecule has 0 radical (unpaired) electrons. The van der Waals surface area contributed by atoms with E-state index >= 15 is 0 Å². The van der Waals surface area contributed by atoms with E-state index in [1.165, 1.54) is 12.8 Å². The highest BCUT2D eigenvalue weighted by molar-refractivity contribution is 5.85. The Balaban J connectivity index is 1.40. The number of carbonyl (C=O) groups is 2. The van der Waals surface area contributed by atoms with E-state index in [2.05, 4.69) is 26.7 Å². The van der Waals surface area contributed by atoms with Crippen LogP contribution in [-0.4, -0.2) is 81.1 Å². The van der Waals surface area contributed by atoms with Crippen molar-refractivity contribution >= 4 is 11.8 Å². The monoisotopic (exact) mass is 388 g/mol. The number of hydrogen-bond acceptors (Lipinski definition) is 5. The summed E-state index contributed by atoms with van der Waals surface area (Å²) in [5, 5.41) is 8.96. The van der Waals surface area contributed by atoms with Gasteiger partial charge in [0.15, 0.2) is 0 Å². The fourth-order valence-electron chi connectivity index (χ4n) is 4.71. The smallest absolute Gasteiger partial charge is 0.242 e. The van der Waals surface area contributed by atoms with Gasteiger partial charge < -0.3 is 14.4 Å². The molecule has 4 rings (SSSR count). The lowest BCUT2D eigenvalue weighted by Gasteiger charge is -2.32. The lowest BCUT2D eigenvalue weighted by Crippen LogP contribution is -2.43. The first kappa shape index (κ1) is 19.4. The molecule has 0 N–H and O–H groups in total. The number of carbonyl (C=O) groups excluding carboxylic acids is 2. The highest BCUT2D eigenvalue weighted by atomic mass is 16.2. The first-order valence-electron chi connectivity index (χ1n) is 10.8. The van der Waals surface area contributed by atoms with Crippen LogP contribution in [0.3, 0.4) is 0 Å². The van der Waals surface area contributed by atoms with Crippen LogP contribution in [0, 0.1) is 0 Å². The molecule has 0 bridgehead atoms. The van der Waals surface area contributed by atoms with E-state index in [1.807, 2.05) is 4.90 Å². The van der Waals surface area contributed by atoms with Crippen LogP contribution in [0.4, 0.5) is 0 Å². The lowest BCUT2D eigenvalue weighted by atomic mass is 10.0. The van der Waals surface area contributed by atoms with Gasteiger partial charge in [-0.1, -0.05) is 12.8 Å². The Morgan fingerprint density at radius 3 is 2.68 bits per heavy atom. The van der Waals surface area contributed by atoms with Gasteiger partial charge in [0.05, 0.1) is 12.6 Å². The van der Waals surface area contributed by atoms with Crippen LogP contribution in [0.2, 0.25) is 0 Å². The minimum atomic E-state index is 0.0605. The Morgan fingerprint density at radius 2 is 1.82 bits per heavy atom. The molecule has 2 saturated heterocycles. The summed E-state index contributed by atoms with van der Waals surface area (Å²) >= 11 is 0. The Hall–Kier alpha value is -1.96. The van der Waals surface area contributed by atoms with Gasteiger partial charge in [0.25, 0.3) is 0 Å². The highest BCUT2D eigenvalue weighted by Crippen LogP contribution is 2.29. The van der Waals surface area contributed by atoms with Crippen molar-refractivity contribution in [1.82, 2.24) is 29.5 Å². The largest absolute Gasteiger partial charge is 0.339 e. The molecule has 0 aromatic carbocycles. The number of amides is 2. The van der Waals surface area contributed by atoms with Gasteiger partial charge in [-0.25, -0.2) is 0 Å². The highest BCUT2D eigenvalue weighted by Gasteiger charge is 2.30. The van der Waals surface area contributed by atoms with Crippen molar-refractivity contribution < 1.29 is 9.59 Å². The molecule has 0 spiro atoms. The topological polar surface area (TPSA) is 74.6 Å². The first-order valence-corrected chi connectivity index (χ1v) is 10.8. The minimum Gasteiger partial charge on any atom is -0.339 e. The molecule has 2 fully saturated rings. The minimum absolute atomic E-state index is 0.0605. The van der Waals surface area contributed by atoms with Gasteiger partial charge in [-0.2, -0.15) is 0 Å². The van der Waals surface area contributed by atoms with E-state index in [-0.39, 0.29) is 18.4 Å². The standard InChI is InChI=1S/C20H32N6O2/c1-23-10-6-4-7-16(23)20-22-21-17-9-12-24(13-14-26(17)20)19(28)15-25-11-5-2-3-8-18(25)27/h16H,2-15H2,1H3/t16-/m1/s1. The average Bonchev–Trinajstić information content (AvgIpc) is 2.83. The van der Waals surface area contributed by atoms with Gasteiger partial charge in [0, 0.05) is 39.0 Å². The van der Waals surface area contributed by atoms with E-state index in [0.29, 0.717) is 32.1 Å². The molecule has 0 saturated carbocycles. The van der Waals surface area contributed by atoms with Crippen molar-refractivity contribution in [3.05, 3.63) is 11.6 Å². The molecule has 1 atom stereocenters. The summed E-state index contributed by atoms with van der Waals surface area (Å²) in [6, 6.07) is 0.326. The summed E-state index contributed by atoms with van der Waals surface area (Å²) < 4.78 is 2.23. The number of piperidine rings is 1. The summed E-state index contributed by atoms with van der Waals surface area (Å²) in [6.45, 7) is 4.08. The maximum absolute atomic E-state index is 12.9. The number of fused-ring (bicyclic) bond motifs is 1. The van der Waals surface area contributed by atoms with E-state index in [4.69, 9.17) is 0 Å². The summed E-state index contributed by atoms with van der Waals surface area (Å²) in [6.07, 6.45) is 7.91. The molecule has 8 heteroatoms.